The lowest BCUT2D eigenvalue weighted by Gasteiger charge is -2.01. The Kier molecular flexibility index (Phi) is 2.40. The Labute approximate surface area is 85.2 Å². The number of nitrogens with zero attached hydrogens (tertiary/aromatic N) is 4. The van der Waals surface area contributed by atoms with E-state index in [1.54, 1.807) is 18.3 Å². The third kappa shape index (κ3) is 1.98. The summed E-state index contributed by atoms with van der Waals surface area (Å²) in [6, 6.07) is 5.34. The molecule has 15 heavy (non-hydrogen) atoms. The Bertz CT molecular complexity index is 466. The number of aliphatic carboxylic acids is 1. The topological polar surface area (TPSA) is 80.9 Å². The van der Waals surface area contributed by atoms with Crippen molar-refractivity contribution in [2.24, 2.45) is 0 Å². The van der Waals surface area contributed by atoms with Gasteiger partial charge in [-0.15, -0.1) is 10.2 Å². The van der Waals surface area contributed by atoms with Gasteiger partial charge in [0.25, 0.3) is 0 Å². The fraction of sp³-hybridized carbons (Fsp3) is 0.111. The summed E-state index contributed by atoms with van der Waals surface area (Å²) in [6.07, 6.45) is 2.99. The molecule has 0 saturated heterocycles. The molecule has 2 heterocycles. The van der Waals surface area contributed by atoms with Gasteiger partial charge in [0, 0.05) is 6.20 Å². The first kappa shape index (κ1) is 9.32. The lowest BCUT2D eigenvalue weighted by molar-refractivity contribution is -0.137. The van der Waals surface area contributed by atoms with E-state index in [0.29, 0.717) is 11.5 Å². The van der Waals surface area contributed by atoms with Crippen LogP contribution in [-0.2, 0) is 11.3 Å². The fourth-order valence-electron chi connectivity index (χ4n) is 1.21. The molecule has 0 spiro atoms. The van der Waals surface area contributed by atoms with Gasteiger partial charge >= 0.3 is 5.97 Å². The number of carbonyl (C=O) groups is 1. The number of carboxylic acids is 1. The second kappa shape index (κ2) is 3.87. The quantitative estimate of drug-likeness (QED) is 0.783. The molecule has 0 aliphatic heterocycles. The lowest BCUT2D eigenvalue weighted by Crippen LogP contribution is -2.09. The van der Waals surface area contributed by atoms with E-state index < -0.39 is 5.97 Å². The van der Waals surface area contributed by atoms with Gasteiger partial charge in [0.2, 0.25) is 0 Å². The normalized spacial score (nSPS) is 10.1. The van der Waals surface area contributed by atoms with Crippen molar-refractivity contribution < 1.29 is 9.90 Å². The van der Waals surface area contributed by atoms with Crippen molar-refractivity contribution in [1.82, 2.24) is 19.7 Å². The van der Waals surface area contributed by atoms with Crippen LogP contribution in [-0.4, -0.2) is 30.8 Å². The molecule has 0 amide bonds. The van der Waals surface area contributed by atoms with Crippen LogP contribution >= 0.6 is 0 Å². The largest absolute Gasteiger partial charge is 0.480 e. The van der Waals surface area contributed by atoms with Gasteiger partial charge in [-0.05, 0) is 12.1 Å². The van der Waals surface area contributed by atoms with Crippen molar-refractivity contribution in [2.75, 3.05) is 0 Å². The molecule has 0 atom stereocenters. The third-order valence-corrected chi connectivity index (χ3v) is 1.82. The zero-order chi connectivity index (χ0) is 10.7. The van der Waals surface area contributed by atoms with Crippen molar-refractivity contribution >= 4 is 5.97 Å². The molecule has 2 rings (SSSR count). The summed E-state index contributed by atoms with van der Waals surface area (Å²) in [7, 11) is 0. The van der Waals surface area contributed by atoms with Gasteiger partial charge < -0.3 is 9.67 Å². The molecule has 0 aliphatic carbocycles. The second-order valence-electron chi connectivity index (χ2n) is 2.89. The summed E-state index contributed by atoms with van der Waals surface area (Å²) in [5.74, 6) is -0.481. The SMILES string of the molecule is O=C(O)Cn1cnnc1-c1ccccn1. The highest BCUT2D eigenvalue weighted by molar-refractivity contribution is 5.67. The zero-order valence-electron chi connectivity index (χ0n) is 7.74. The van der Waals surface area contributed by atoms with E-state index in [0.717, 1.165) is 0 Å². The van der Waals surface area contributed by atoms with Crippen LogP contribution in [0.15, 0.2) is 30.7 Å². The van der Waals surface area contributed by atoms with Crippen LogP contribution in [0, 0.1) is 0 Å². The first-order valence-corrected chi connectivity index (χ1v) is 4.28. The molecule has 0 radical (unpaired) electrons. The average Bonchev–Trinajstić information content (AvgIpc) is 2.66. The third-order valence-electron chi connectivity index (χ3n) is 1.82. The smallest absolute Gasteiger partial charge is 0.323 e. The Hall–Kier alpha value is -2.24. The van der Waals surface area contributed by atoms with E-state index in [1.165, 1.54) is 10.9 Å². The number of carboxylic acid groups (broad SMARTS) is 1. The molecule has 0 fully saturated rings. The maximum absolute atomic E-state index is 10.6. The van der Waals surface area contributed by atoms with Crippen LogP contribution in [0.5, 0.6) is 0 Å². The molecule has 2 aromatic rings. The summed E-state index contributed by atoms with van der Waals surface area (Å²) in [4.78, 5) is 14.6. The van der Waals surface area contributed by atoms with E-state index in [-0.39, 0.29) is 6.54 Å². The Morgan fingerprint density at radius 2 is 2.33 bits per heavy atom. The molecule has 0 bridgehead atoms. The van der Waals surface area contributed by atoms with Crippen LogP contribution in [0.4, 0.5) is 0 Å². The van der Waals surface area contributed by atoms with Crippen LogP contribution < -0.4 is 0 Å². The highest BCUT2D eigenvalue weighted by Gasteiger charge is 2.09. The highest BCUT2D eigenvalue weighted by atomic mass is 16.4. The monoisotopic (exact) mass is 204 g/mol. The molecule has 6 heteroatoms. The second-order valence-corrected chi connectivity index (χ2v) is 2.89. The summed E-state index contributed by atoms with van der Waals surface area (Å²) in [5, 5.41) is 16.1. The van der Waals surface area contributed by atoms with Crippen molar-refractivity contribution in [3.63, 3.8) is 0 Å². The van der Waals surface area contributed by atoms with Crippen LogP contribution in [0.3, 0.4) is 0 Å². The van der Waals surface area contributed by atoms with E-state index in [2.05, 4.69) is 15.2 Å². The van der Waals surface area contributed by atoms with Crippen LogP contribution in [0.2, 0.25) is 0 Å². The molecular weight excluding hydrogens is 196 g/mol. The van der Waals surface area contributed by atoms with Gasteiger partial charge in [-0.2, -0.15) is 0 Å². The Balaban J connectivity index is 2.37. The minimum atomic E-state index is -0.938. The van der Waals surface area contributed by atoms with Crippen LogP contribution in [0.1, 0.15) is 0 Å². The van der Waals surface area contributed by atoms with Gasteiger partial charge in [-0.3, -0.25) is 9.78 Å². The molecule has 1 N–H and O–H groups in total. The summed E-state index contributed by atoms with van der Waals surface area (Å²) < 4.78 is 1.44. The van der Waals surface area contributed by atoms with E-state index in [4.69, 9.17) is 5.11 Å². The predicted octanol–water partition coefficient (Wildman–Crippen LogP) is 0.425. The van der Waals surface area contributed by atoms with E-state index in [1.807, 2.05) is 6.07 Å². The first-order valence-electron chi connectivity index (χ1n) is 4.28. The minimum Gasteiger partial charge on any atom is -0.480 e. The lowest BCUT2D eigenvalue weighted by atomic mass is 10.3. The molecule has 2 aromatic heterocycles. The number of hydrogen-bond acceptors (Lipinski definition) is 4. The van der Waals surface area contributed by atoms with Gasteiger partial charge in [0.1, 0.15) is 18.6 Å². The van der Waals surface area contributed by atoms with Gasteiger partial charge in [0.05, 0.1) is 0 Å². The van der Waals surface area contributed by atoms with Crippen LogP contribution in [0.25, 0.3) is 11.5 Å². The molecule has 0 saturated carbocycles. The van der Waals surface area contributed by atoms with E-state index in [9.17, 15) is 4.79 Å². The number of aromatic nitrogens is 4. The minimum absolute atomic E-state index is 0.168. The van der Waals surface area contributed by atoms with Gasteiger partial charge in [0.15, 0.2) is 5.82 Å². The molecule has 0 aromatic carbocycles. The molecule has 0 unspecified atom stereocenters. The van der Waals surface area contributed by atoms with Gasteiger partial charge in [-0.1, -0.05) is 6.07 Å². The fourth-order valence-corrected chi connectivity index (χ4v) is 1.21. The molecular formula is C9H8N4O2. The highest BCUT2D eigenvalue weighted by Crippen LogP contribution is 2.12. The standard InChI is InChI=1S/C9H8N4O2/c14-8(15)5-13-6-11-12-9(13)7-3-1-2-4-10-7/h1-4,6H,5H2,(H,14,15). The molecule has 6 nitrogen and oxygen atoms in total. The van der Waals surface area contributed by atoms with Crippen molar-refractivity contribution in [1.29, 1.82) is 0 Å². The summed E-state index contributed by atoms with van der Waals surface area (Å²) in [6.45, 7) is -0.168. The molecule has 76 valence electrons. The van der Waals surface area contributed by atoms with Crippen molar-refractivity contribution in [3.05, 3.63) is 30.7 Å². The summed E-state index contributed by atoms with van der Waals surface area (Å²) >= 11 is 0. The average molecular weight is 204 g/mol. The number of hydrogen-bond donors (Lipinski definition) is 1. The van der Waals surface area contributed by atoms with E-state index >= 15 is 0 Å². The number of pyridine rings is 1. The Morgan fingerprint density at radius 1 is 1.47 bits per heavy atom. The van der Waals surface area contributed by atoms with Crippen molar-refractivity contribution in [3.8, 4) is 11.5 Å². The maximum atomic E-state index is 10.6. The van der Waals surface area contributed by atoms with Crippen molar-refractivity contribution in [2.45, 2.75) is 6.54 Å². The van der Waals surface area contributed by atoms with Gasteiger partial charge in [-0.25, -0.2) is 0 Å². The summed E-state index contributed by atoms with van der Waals surface area (Å²) in [5.41, 5.74) is 0.608. The predicted molar refractivity (Wildman–Crippen MR) is 50.9 cm³/mol. The molecule has 0 aliphatic rings. The number of rotatable bonds is 3. The maximum Gasteiger partial charge on any atom is 0.323 e. The first-order chi connectivity index (χ1) is 7.27. The zero-order valence-corrected chi connectivity index (χ0v) is 7.74. The Morgan fingerprint density at radius 3 is 3.00 bits per heavy atom.